The summed E-state index contributed by atoms with van der Waals surface area (Å²) in [7, 11) is 7.20. The fraction of sp³-hybridized carbons (Fsp3) is 0.345. The van der Waals surface area contributed by atoms with Gasteiger partial charge in [0, 0.05) is 31.1 Å². The average Bonchev–Trinajstić information content (AvgIpc) is 3.17. The minimum absolute atomic E-state index is 0. The van der Waals surface area contributed by atoms with Gasteiger partial charge in [0.1, 0.15) is 5.39 Å². The first-order valence-electron chi connectivity index (χ1n) is 12.2. The summed E-state index contributed by atoms with van der Waals surface area (Å²) in [6.07, 6.45) is 0. The van der Waals surface area contributed by atoms with Gasteiger partial charge in [0.2, 0.25) is 0 Å². The molecule has 0 fully saturated rings. The Morgan fingerprint density at radius 1 is 1.03 bits per heavy atom. The third kappa shape index (κ3) is 5.47. The van der Waals surface area contributed by atoms with Crippen LogP contribution in [0.4, 0.5) is 0 Å². The number of nitrogens with zero attached hydrogens (tertiary/aromatic N) is 3. The molecule has 0 radical (unpaired) electrons. The van der Waals surface area contributed by atoms with E-state index in [1.54, 1.807) is 35.9 Å². The number of amides is 1. The van der Waals surface area contributed by atoms with Gasteiger partial charge in [-0.25, -0.2) is 0 Å². The summed E-state index contributed by atoms with van der Waals surface area (Å²) in [5.74, 6) is -0.293. The second-order valence-electron chi connectivity index (χ2n) is 10.4. The highest BCUT2D eigenvalue weighted by atomic mass is 35.5. The van der Waals surface area contributed by atoms with Crippen molar-refractivity contribution in [3.8, 4) is 5.75 Å². The molecule has 4 rings (SSSR count). The normalized spacial score (nSPS) is 11.6. The summed E-state index contributed by atoms with van der Waals surface area (Å²) in [5, 5.41) is 4.06. The van der Waals surface area contributed by atoms with Gasteiger partial charge >= 0.3 is 0 Å². The van der Waals surface area contributed by atoms with Crippen molar-refractivity contribution in [3.05, 3.63) is 76.2 Å². The quantitative estimate of drug-likeness (QED) is 0.324. The number of aromatic nitrogens is 2. The highest BCUT2D eigenvalue weighted by Crippen LogP contribution is 2.34. The number of ketones is 1. The number of Topliss-reactive ketones (excluding diaryl/α,β-unsaturated/α-hetero) is 1. The molecule has 0 saturated carbocycles. The smallest absolute Gasteiger partial charge is 0.271 e. The largest absolute Gasteiger partial charge is 0.493 e. The Labute approximate surface area is 228 Å². The Bertz CT molecular complexity index is 1540. The molecule has 9 heteroatoms. The van der Waals surface area contributed by atoms with Crippen LogP contribution < -0.4 is 15.6 Å². The van der Waals surface area contributed by atoms with Crippen LogP contribution in [0.15, 0.2) is 59.4 Å². The van der Waals surface area contributed by atoms with Crippen LogP contribution in [0.2, 0.25) is 0 Å². The van der Waals surface area contributed by atoms with Gasteiger partial charge in [0.05, 0.1) is 24.7 Å². The first-order chi connectivity index (χ1) is 17.6. The lowest BCUT2D eigenvalue weighted by molar-refractivity contribution is 0.0917. The van der Waals surface area contributed by atoms with Crippen molar-refractivity contribution in [1.82, 2.24) is 19.4 Å². The number of carbonyl (C=O) groups excluding carboxylic acids is 2. The van der Waals surface area contributed by atoms with E-state index < -0.39 is 0 Å². The van der Waals surface area contributed by atoms with Crippen LogP contribution in [-0.2, 0) is 13.6 Å². The van der Waals surface area contributed by atoms with Crippen molar-refractivity contribution < 1.29 is 14.3 Å². The molecule has 0 atom stereocenters. The number of rotatable bonds is 9. The van der Waals surface area contributed by atoms with Crippen molar-refractivity contribution in [2.24, 2.45) is 12.5 Å². The van der Waals surface area contributed by atoms with Gasteiger partial charge in [-0.3, -0.25) is 19.0 Å². The molecular formula is C29H35ClN4O4. The molecule has 8 nitrogen and oxygen atoms in total. The van der Waals surface area contributed by atoms with Crippen LogP contribution in [-0.4, -0.2) is 60.0 Å². The molecule has 0 aliphatic rings. The molecule has 0 aliphatic heterocycles. The Balaban J connectivity index is 0.00000400. The van der Waals surface area contributed by atoms with Gasteiger partial charge in [0.15, 0.2) is 17.2 Å². The number of benzene rings is 2. The topological polar surface area (TPSA) is 85.6 Å². The van der Waals surface area contributed by atoms with Gasteiger partial charge in [-0.15, -0.1) is 12.4 Å². The van der Waals surface area contributed by atoms with E-state index in [0.717, 1.165) is 11.9 Å². The number of fused-ring (bicyclic) bond motifs is 3. The number of methoxy groups -OCH3 is 1. The van der Waals surface area contributed by atoms with Crippen molar-refractivity contribution in [2.45, 2.75) is 20.4 Å². The molecule has 0 bridgehead atoms. The molecule has 0 unspecified atom stereocenters. The van der Waals surface area contributed by atoms with E-state index in [1.165, 1.54) is 11.7 Å². The maximum Gasteiger partial charge on any atom is 0.271 e. The van der Waals surface area contributed by atoms with Crippen molar-refractivity contribution in [1.29, 1.82) is 0 Å². The number of carbonyl (C=O) groups is 2. The number of nitrogens with one attached hydrogen (secondary N) is 1. The van der Waals surface area contributed by atoms with Gasteiger partial charge in [0.25, 0.3) is 11.5 Å². The molecule has 1 N–H and O–H groups in total. The number of aryl methyl sites for hydroxylation is 1. The summed E-state index contributed by atoms with van der Waals surface area (Å²) >= 11 is 0. The lowest BCUT2D eigenvalue weighted by Crippen LogP contribution is -2.40. The summed E-state index contributed by atoms with van der Waals surface area (Å²) in [6, 6.07) is 16.3. The molecule has 202 valence electrons. The molecule has 0 saturated heterocycles. The number of hydrogen-bond acceptors (Lipinski definition) is 5. The van der Waals surface area contributed by atoms with E-state index in [4.69, 9.17) is 4.74 Å². The number of hydrogen-bond donors (Lipinski definition) is 1. The maximum absolute atomic E-state index is 13.9. The second kappa shape index (κ2) is 11.4. The van der Waals surface area contributed by atoms with Crippen molar-refractivity contribution >= 4 is 45.9 Å². The zero-order valence-corrected chi connectivity index (χ0v) is 23.5. The Morgan fingerprint density at radius 3 is 2.29 bits per heavy atom. The lowest BCUT2D eigenvalue weighted by atomic mass is 9.93. The van der Waals surface area contributed by atoms with Crippen LogP contribution in [0.3, 0.4) is 0 Å². The third-order valence-corrected chi connectivity index (χ3v) is 6.55. The molecule has 2 aromatic heterocycles. The molecule has 0 aliphatic carbocycles. The Kier molecular flexibility index (Phi) is 8.69. The van der Waals surface area contributed by atoms with Gasteiger partial charge in [-0.1, -0.05) is 62.4 Å². The van der Waals surface area contributed by atoms with E-state index in [0.29, 0.717) is 23.1 Å². The predicted octanol–water partition coefficient (Wildman–Crippen LogP) is 4.12. The molecule has 0 spiro atoms. The van der Waals surface area contributed by atoms with E-state index in [2.05, 4.69) is 24.1 Å². The minimum atomic E-state index is -0.377. The third-order valence-electron chi connectivity index (χ3n) is 6.55. The van der Waals surface area contributed by atoms with Gasteiger partial charge in [-0.05, 0) is 25.6 Å². The average molecular weight is 539 g/mol. The standard InChI is InChI=1S/C29H34N4O4.ClH/c1-29(2,18-31(3)4)17-30-27(35)25-26(37-6)23-24(32(25)5)20-14-10-11-15-21(20)33(28(23)36)16-22(34)19-12-8-7-9-13-19;/h7-15H,16-18H2,1-6H3,(H,30,35);1H. The molecule has 2 aromatic carbocycles. The van der Waals surface area contributed by atoms with E-state index in [1.807, 2.05) is 44.4 Å². The number of pyridine rings is 1. The van der Waals surface area contributed by atoms with Crippen molar-refractivity contribution in [2.75, 3.05) is 34.3 Å². The van der Waals surface area contributed by atoms with Crippen LogP contribution in [0.1, 0.15) is 34.7 Å². The maximum atomic E-state index is 13.9. The fourth-order valence-electron chi connectivity index (χ4n) is 5.11. The number of halogens is 1. The monoisotopic (exact) mass is 538 g/mol. The Morgan fingerprint density at radius 2 is 1.66 bits per heavy atom. The first kappa shape index (κ1) is 28.9. The summed E-state index contributed by atoms with van der Waals surface area (Å²) in [5.41, 5.74) is 1.47. The SMILES string of the molecule is COc1c(C(=O)NCC(C)(C)CN(C)C)n(C)c2c1c(=O)n(CC(=O)c1ccccc1)c1ccccc21.Cl. The van der Waals surface area contributed by atoms with E-state index in [9.17, 15) is 14.4 Å². The Hall–Kier alpha value is -3.62. The zero-order chi connectivity index (χ0) is 26.9. The highest BCUT2D eigenvalue weighted by molar-refractivity contribution is 6.12. The number of para-hydroxylation sites is 1. The summed E-state index contributed by atoms with van der Waals surface area (Å²) < 4.78 is 8.87. The van der Waals surface area contributed by atoms with Crippen LogP contribution in [0.25, 0.3) is 21.8 Å². The molecular weight excluding hydrogens is 504 g/mol. The minimum Gasteiger partial charge on any atom is -0.493 e. The lowest BCUT2D eigenvalue weighted by Gasteiger charge is -2.28. The van der Waals surface area contributed by atoms with Gasteiger partial charge in [-0.2, -0.15) is 0 Å². The van der Waals surface area contributed by atoms with Crippen LogP contribution in [0, 0.1) is 5.41 Å². The van der Waals surface area contributed by atoms with Crippen LogP contribution >= 0.6 is 12.4 Å². The van der Waals surface area contributed by atoms with Crippen LogP contribution in [0.5, 0.6) is 5.75 Å². The second-order valence-corrected chi connectivity index (χ2v) is 10.4. The molecule has 4 aromatic rings. The van der Waals surface area contributed by atoms with Crippen molar-refractivity contribution in [3.63, 3.8) is 0 Å². The summed E-state index contributed by atoms with van der Waals surface area (Å²) in [4.78, 5) is 42.5. The first-order valence-corrected chi connectivity index (χ1v) is 12.2. The zero-order valence-electron chi connectivity index (χ0n) is 22.7. The molecule has 38 heavy (non-hydrogen) atoms. The van der Waals surface area contributed by atoms with E-state index in [-0.39, 0.29) is 58.4 Å². The predicted molar refractivity (Wildman–Crippen MR) is 154 cm³/mol. The summed E-state index contributed by atoms with van der Waals surface area (Å²) in [6.45, 7) is 5.29. The fourth-order valence-corrected chi connectivity index (χ4v) is 5.11. The molecule has 2 heterocycles. The molecule has 1 amide bonds. The van der Waals surface area contributed by atoms with E-state index >= 15 is 0 Å². The van der Waals surface area contributed by atoms with Gasteiger partial charge < -0.3 is 19.5 Å². The highest BCUT2D eigenvalue weighted by Gasteiger charge is 2.29. The number of ether oxygens (including phenoxy) is 1.